The second kappa shape index (κ2) is 9.55. The number of thiophene rings is 1. The van der Waals surface area contributed by atoms with Crippen molar-refractivity contribution in [2.24, 2.45) is 0 Å². The van der Waals surface area contributed by atoms with Crippen molar-refractivity contribution in [1.29, 1.82) is 0 Å². The van der Waals surface area contributed by atoms with E-state index in [-0.39, 0.29) is 0 Å². The molecule has 3 nitrogen and oxygen atoms in total. The van der Waals surface area contributed by atoms with Crippen molar-refractivity contribution in [3.63, 3.8) is 0 Å². The summed E-state index contributed by atoms with van der Waals surface area (Å²) in [5, 5.41) is 5.95. The van der Waals surface area contributed by atoms with Gasteiger partial charge in [0.15, 0.2) is 0 Å². The number of nitrogens with zero attached hydrogens (tertiary/aromatic N) is 2. The van der Waals surface area contributed by atoms with E-state index in [0.29, 0.717) is 0 Å². The number of benzene rings is 6. The second-order valence-corrected chi connectivity index (χ2v) is 11.9. The van der Waals surface area contributed by atoms with Crippen LogP contribution in [0.4, 0.5) is 17.1 Å². The third-order valence-electron chi connectivity index (χ3n) is 8.31. The van der Waals surface area contributed by atoms with Crippen LogP contribution in [0.15, 0.2) is 150 Å². The number of furan rings is 1. The van der Waals surface area contributed by atoms with Crippen molar-refractivity contribution >= 4 is 81.4 Å². The van der Waals surface area contributed by atoms with E-state index >= 15 is 0 Å². The summed E-state index contributed by atoms with van der Waals surface area (Å²) in [6.45, 7) is 0. The van der Waals surface area contributed by atoms with Crippen molar-refractivity contribution in [2.45, 2.75) is 0 Å². The van der Waals surface area contributed by atoms with Crippen LogP contribution in [0.5, 0.6) is 0 Å². The standard InChI is InChI=1S/C39H24N2OS/c1-2-8-26(9-3-1)41(28-19-20-31-30-10-4-5-14-36(30)43-37(31)24-28)27-17-15-25(16-18-27)29-11-6-12-33-38-32-13-7-23-40-34(32)21-22-35(38)42-39(29)33/h1-24H. The first-order valence-electron chi connectivity index (χ1n) is 14.4. The number of aromatic nitrogens is 1. The molecule has 6 aromatic carbocycles. The van der Waals surface area contributed by atoms with Gasteiger partial charge in [-0.05, 0) is 66.2 Å². The quantitative estimate of drug-likeness (QED) is 0.211. The molecule has 3 heterocycles. The van der Waals surface area contributed by atoms with Crippen molar-refractivity contribution in [3.05, 3.63) is 146 Å². The van der Waals surface area contributed by atoms with Gasteiger partial charge in [0.2, 0.25) is 0 Å². The number of hydrogen-bond acceptors (Lipinski definition) is 4. The van der Waals surface area contributed by atoms with Crippen molar-refractivity contribution < 1.29 is 4.42 Å². The van der Waals surface area contributed by atoms with Crippen LogP contribution in [0, 0.1) is 0 Å². The smallest absolute Gasteiger partial charge is 0.143 e. The molecule has 0 unspecified atom stereocenters. The van der Waals surface area contributed by atoms with E-state index in [1.165, 1.54) is 20.2 Å². The fraction of sp³-hybridized carbons (Fsp3) is 0. The zero-order valence-electron chi connectivity index (χ0n) is 23.1. The van der Waals surface area contributed by atoms with Crippen LogP contribution in [0.3, 0.4) is 0 Å². The number of para-hydroxylation sites is 2. The molecule has 202 valence electrons. The van der Waals surface area contributed by atoms with Crippen molar-refractivity contribution in [3.8, 4) is 11.1 Å². The van der Waals surface area contributed by atoms with E-state index in [9.17, 15) is 0 Å². The van der Waals surface area contributed by atoms with Gasteiger partial charge >= 0.3 is 0 Å². The number of rotatable bonds is 4. The molecule has 9 aromatic rings. The molecule has 0 aliphatic heterocycles. The number of fused-ring (bicyclic) bond motifs is 8. The van der Waals surface area contributed by atoms with Crippen LogP contribution in [-0.4, -0.2) is 4.98 Å². The van der Waals surface area contributed by atoms with E-state index in [1.807, 2.05) is 35.7 Å². The maximum Gasteiger partial charge on any atom is 0.143 e. The summed E-state index contributed by atoms with van der Waals surface area (Å²) in [5.41, 5.74) is 8.31. The Morgan fingerprint density at radius 1 is 0.535 bits per heavy atom. The first-order chi connectivity index (χ1) is 21.3. The van der Waals surface area contributed by atoms with Gasteiger partial charge in [0, 0.05) is 65.2 Å². The third-order valence-corrected chi connectivity index (χ3v) is 9.45. The van der Waals surface area contributed by atoms with Crippen LogP contribution in [0.2, 0.25) is 0 Å². The molecule has 0 atom stereocenters. The minimum atomic E-state index is 0.881. The SMILES string of the molecule is c1ccc(N(c2ccc(-c3cccc4c3oc3ccc5ncccc5c34)cc2)c2ccc3c(c2)sc2ccccc23)cc1. The Labute approximate surface area is 251 Å². The maximum atomic E-state index is 6.49. The van der Waals surface area contributed by atoms with E-state index in [1.54, 1.807) is 0 Å². The van der Waals surface area contributed by atoms with E-state index in [2.05, 4.69) is 131 Å². The summed E-state index contributed by atoms with van der Waals surface area (Å²) >= 11 is 1.85. The van der Waals surface area contributed by atoms with Gasteiger partial charge in [-0.1, -0.05) is 78.9 Å². The topological polar surface area (TPSA) is 29.3 Å². The van der Waals surface area contributed by atoms with Crippen LogP contribution in [0.25, 0.3) is 64.1 Å². The average molecular weight is 569 g/mol. The van der Waals surface area contributed by atoms with Gasteiger partial charge in [0.1, 0.15) is 11.2 Å². The normalized spacial score (nSPS) is 11.7. The highest BCUT2D eigenvalue weighted by Gasteiger charge is 2.17. The van der Waals surface area contributed by atoms with Crippen molar-refractivity contribution in [2.75, 3.05) is 4.90 Å². The molecule has 0 bridgehead atoms. The molecule has 0 N–H and O–H groups in total. The lowest BCUT2D eigenvalue weighted by molar-refractivity contribution is 0.670. The van der Waals surface area contributed by atoms with Gasteiger partial charge in [-0.25, -0.2) is 0 Å². The van der Waals surface area contributed by atoms with Crippen LogP contribution >= 0.6 is 11.3 Å². The molecule has 0 spiro atoms. The molecule has 4 heteroatoms. The lowest BCUT2D eigenvalue weighted by Gasteiger charge is -2.25. The Morgan fingerprint density at radius 3 is 2.19 bits per heavy atom. The van der Waals surface area contributed by atoms with E-state index < -0.39 is 0 Å². The molecule has 9 rings (SSSR count). The number of anilines is 3. The minimum Gasteiger partial charge on any atom is -0.455 e. The summed E-state index contributed by atoms with van der Waals surface area (Å²) < 4.78 is 9.09. The molecule has 0 fully saturated rings. The average Bonchev–Trinajstić information content (AvgIpc) is 3.64. The highest BCUT2D eigenvalue weighted by atomic mass is 32.1. The van der Waals surface area contributed by atoms with Gasteiger partial charge in [-0.15, -0.1) is 11.3 Å². The summed E-state index contributed by atoms with van der Waals surface area (Å²) in [5.74, 6) is 0. The monoisotopic (exact) mass is 568 g/mol. The first-order valence-corrected chi connectivity index (χ1v) is 15.2. The molecule has 0 radical (unpaired) electrons. The Morgan fingerprint density at radius 2 is 1.28 bits per heavy atom. The van der Waals surface area contributed by atoms with Gasteiger partial charge in [0.05, 0.1) is 5.52 Å². The largest absolute Gasteiger partial charge is 0.455 e. The fourth-order valence-corrected chi connectivity index (χ4v) is 7.48. The maximum absolute atomic E-state index is 6.49. The molecule has 43 heavy (non-hydrogen) atoms. The molecule has 0 saturated heterocycles. The molecular weight excluding hydrogens is 545 g/mol. The lowest BCUT2D eigenvalue weighted by Crippen LogP contribution is -2.09. The van der Waals surface area contributed by atoms with Crippen LogP contribution in [-0.2, 0) is 0 Å². The molecule has 0 saturated carbocycles. The number of hydrogen-bond donors (Lipinski definition) is 0. The van der Waals surface area contributed by atoms with Gasteiger partial charge < -0.3 is 9.32 Å². The highest BCUT2D eigenvalue weighted by molar-refractivity contribution is 7.25. The fourth-order valence-electron chi connectivity index (χ4n) is 6.34. The van der Waals surface area contributed by atoms with Gasteiger partial charge in [-0.2, -0.15) is 0 Å². The predicted octanol–water partition coefficient (Wildman–Crippen LogP) is 11.6. The zero-order valence-corrected chi connectivity index (χ0v) is 23.9. The predicted molar refractivity (Wildman–Crippen MR) is 182 cm³/mol. The third kappa shape index (κ3) is 3.84. The Kier molecular flexibility index (Phi) is 5.37. The van der Waals surface area contributed by atoms with Gasteiger partial charge in [-0.3, -0.25) is 4.98 Å². The molecule has 0 aliphatic rings. The van der Waals surface area contributed by atoms with Gasteiger partial charge in [0.25, 0.3) is 0 Å². The lowest BCUT2D eigenvalue weighted by atomic mass is 10.0. The van der Waals surface area contributed by atoms with Crippen LogP contribution in [0.1, 0.15) is 0 Å². The summed E-state index contributed by atoms with van der Waals surface area (Å²) in [6.07, 6.45) is 1.84. The molecule has 0 aliphatic carbocycles. The second-order valence-electron chi connectivity index (χ2n) is 10.8. The van der Waals surface area contributed by atoms with E-state index in [0.717, 1.165) is 61.0 Å². The minimum absolute atomic E-state index is 0.881. The Bertz CT molecular complexity index is 2460. The first kappa shape index (κ1) is 24.2. The Hall–Kier alpha value is -5.45. The molecule has 0 amide bonds. The molecular formula is C39H24N2OS. The van der Waals surface area contributed by atoms with Crippen LogP contribution < -0.4 is 4.90 Å². The summed E-state index contributed by atoms with van der Waals surface area (Å²) in [7, 11) is 0. The zero-order chi connectivity index (χ0) is 28.3. The highest BCUT2D eigenvalue weighted by Crippen LogP contribution is 2.42. The van der Waals surface area contributed by atoms with E-state index in [4.69, 9.17) is 4.42 Å². The molecule has 3 aromatic heterocycles. The van der Waals surface area contributed by atoms with Crippen molar-refractivity contribution in [1.82, 2.24) is 4.98 Å². The summed E-state index contributed by atoms with van der Waals surface area (Å²) in [6, 6.07) is 49.4. The Balaban J connectivity index is 1.17. The number of pyridine rings is 1. The summed E-state index contributed by atoms with van der Waals surface area (Å²) in [4.78, 5) is 6.88.